The highest BCUT2D eigenvalue weighted by Crippen LogP contribution is 2.19. The van der Waals surface area contributed by atoms with Crippen LogP contribution in [0.2, 0.25) is 0 Å². The van der Waals surface area contributed by atoms with Crippen LogP contribution in [-0.2, 0) is 6.42 Å². The van der Waals surface area contributed by atoms with Crippen LogP contribution in [0.15, 0.2) is 42.5 Å². The Morgan fingerprint density at radius 3 is 2.55 bits per heavy atom. The minimum absolute atomic E-state index is 0.0550. The number of rotatable bonds is 5. The molecule has 0 aromatic heterocycles. The predicted molar refractivity (Wildman–Crippen MR) is 73.4 cm³/mol. The lowest BCUT2D eigenvalue weighted by atomic mass is 10.1. The summed E-state index contributed by atoms with van der Waals surface area (Å²) in [4.78, 5) is 10.1. The number of nitro groups is 1. The maximum Gasteiger partial charge on any atom is 0.269 e. The summed E-state index contributed by atoms with van der Waals surface area (Å²) >= 11 is 0. The van der Waals surface area contributed by atoms with Crippen LogP contribution in [-0.4, -0.2) is 11.5 Å². The van der Waals surface area contributed by atoms with Gasteiger partial charge in [0.1, 0.15) is 0 Å². The number of non-ortho nitro benzene ring substituents is 1. The molecule has 0 heterocycles. The van der Waals surface area contributed by atoms with Crippen LogP contribution < -0.4 is 4.74 Å². The van der Waals surface area contributed by atoms with Crippen molar-refractivity contribution in [3.63, 3.8) is 0 Å². The maximum atomic E-state index is 13.4. The molecule has 0 amide bonds. The first-order valence-corrected chi connectivity index (χ1v) is 6.18. The van der Waals surface area contributed by atoms with Gasteiger partial charge < -0.3 is 4.74 Å². The van der Waals surface area contributed by atoms with Crippen molar-refractivity contribution in [2.75, 3.05) is 6.61 Å². The highest BCUT2D eigenvalue weighted by Gasteiger charge is 2.05. The van der Waals surface area contributed by atoms with Gasteiger partial charge in [0.2, 0.25) is 0 Å². The van der Waals surface area contributed by atoms with Crippen molar-refractivity contribution >= 4 is 5.69 Å². The zero-order valence-electron chi connectivity index (χ0n) is 11.0. The smallest absolute Gasteiger partial charge is 0.269 e. The minimum atomic E-state index is -0.442. The van der Waals surface area contributed by atoms with Gasteiger partial charge in [0, 0.05) is 18.6 Å². The van der Waals surface area contributed by atoms with Gasteiger partial charge in [-0.05, 0) is 30.2 Å². The first-order chi connectivity index (χ1) is 9.56. The molecule has 0 bridgehead atoms. The molecule has 20 heavy (non-hydrogen) atoms. The third-order valence-corrected chi connectivity index (χ3v) is 2.88. The molecule has 5 heteroatoms. The van der Waals surface area contributed by atoms with Crippen LogP contribution in [0, 0.1) is 22.9 Å². The molecule has 0 unspecified atom stereocenters. The van der Waals surface area contributed by atoms with E-state index in [1.54, 1.807) is 24.3 Å². The number of hydrogen-bond acceptors (Lipinski definition) is 3. The largest absolute Gasteiger partial charge is 0.490 e. The van der Waals surface area contributed by atoms with Gasteiger partial charge in [0.15, 0.2) is 11.6 Å². The minimum Gasteiger partial charge on any atom is -0.490 e. The molecule has 0 aliphatic rings. The van der Waals surface area contributed by atoms with Gasteiger partial charge in [-0.2, -0.15) is 0 Å². The van der Waals surface area contributed by atoms with E-state index in [0.29, 0.717) is 13.0 Å². The molecule has 0 fully saturated rings. The number of benzene rings is 2. The highest BCUT2D eigenvalue weighted by molar-refractivity contribution is 5.33. The van der Waals surface area contributed by atoms with Crippen LogP contribution in [0.1, 0.15) is 11.1 Å². The highest BCUT2D eigenvalue weighted by atomic mass is 19.1. The molecular formula is C15H14FNO3. The second-order valence-corrected chi connectivity index (χ2v) is 4.46. The molecule has 0 saturated heterocycles. The van der Waals surface area contributed by atoms with E-state index in [0.717, 1.165) is 11.1 Å². The predicted octanol–water partition coefficient (Wildman–Crippen LogP) is 3.66. The Hall–Kier alpha value is -2.43. The molecule has 2 rings (SSSR count). The van der Waals surface area contributed by atoms with Gasteiger partial charge in [0.25, 0.3) is 5.69 Å². The van der Waals surface area contributed by atoms with E-state index in [1.165, 1.54) is 18.2 Å². The summed E-state index contributed by atoms with van der Waals surface area (Å²) in [6.07, 6.45) is 0.561. The lowest BCUT2D eigenvalue weighted by Gasteiger charge is -2.08. The maximum absolute atomic E-state index is 13.4. The van der Waals surface area contributed by atoms with Gasteiger partial charge in [-0.3, -0.25) is 10.1 Å². The Kier molecular flexibility index (Phi) is 4.30. The Morgan fingerprint density at radius 1 is 1.20 bits per heavy atom. The van der Waals surface area contributed by atoms with E-state index in [9.17, 15) is 14.5 Å². The van der Waals surface area contributed by atoms with Crippen molar-refractivity contribution < 1.29 is 14.1 Å². The Bertz CT molecular complexity index is 611. The molecule has 0 aliphatic carbocycles. The van der Waals surface area contributed by atoms with Gasteiger partial charge in [-0.1, -0.05) is 18.2 Å². The normalized spacial score (nSPS) is 10.3. The van der Waals surface area contributed by atoms with Crippen LogP contribution in [0.5, 0.6) is 5.75 Å². The Morgan fingerprint density at radius 2 is 1.90 bits per heavy atom. The molecule has 2 aromatic carbocycles. The van der Waals surface area contributed by atoms with E-state index in [4.69, 9.17) is 4.74 Å². The number of nitrogens with zero attached hydrogens (tertiary/aromatic N) is 1. The van der Waals surface area contributed by atoms with Crippen molar-refractivity contribution in [2.24, 2.45) is 0 Å². The average Bonchev–Trinajstić information content (AvgIpc) is 2.43. The second-order valence-electron chi connectivity index (χ2n) is 4.46. The molecule has 0 spiro atoms. The SMILES string of the molecule is Cc1ccc(F)c(OCCc2ccc([N+](=O)[O-])cc2)c1. The van der Waals surface area contributed by atoms with Crippen LogP contribution in [0.4, 0.5) is 10.1 Å². The summed E-state index contributed by atoms with van der Waals surface area (Å²) in [6, 6.07) is 10.9. The number of aryl methyl sites for hydroxylation is 1. The topological polar surface area (TPSA) is 52.4 Å². The molecule has 4 nitrogen and oxygen atoms in total. The second kappa shape index (κ2) is 6.14. The van der Waals surface area contributed by atoms with Crippen molar-refractivity contribution in [2.45, 2.75) is 13.3 Å². The third kappa shape index (κ3) is 3.54. The van der Waals surface area contributed by atoms with Crippen molar-refractivity contribution in [1.82, 2.24) is 0 Å². The van der Waals surface area contributed by atoms with Crippen LogP contribution in [0.25, 0.3) is 0 Å². The molecular weight excluding hydrogens is 261 g/mol. The summed E-state index contributed by atoms with van der Waals surface area (Å²) in [5.41, 5.74) is 1.89. The van der Waals surface area contributed by atoms with Gasteiger partial charge in [-0.15, -0.1) is 0 Å². The summed E-state index contributed by atoms with van der Waals surface area (Å²) in [7, 11) is 0. The number of halogens is 1. The fourth-order valence-electron chi connectivity index (χ4n) is 1.78. The van der Waals surface area contributed by atoms with Crippen molar-refractivity contribution in [3.05, 3.63) is 69.5 Å². The fourth-order valence-corrected chi connectivity index (χ4v) is 1.78. The van der Waals surface area contributed by atoms with E-state index < -0.39 is 4.92 Å². The quantitative estimate of drug-likeness (QED) is 0.618. The zero-order chi connectivity index (χ0) is 14.5. The Labute approximate surface area is 116 Å². The third-order valence-electron chi connectivity index (χ3n) is 2.88. The van der Waals surface area contributed by atoms with Crippen molar-refractivity contribution in [1.29, 1.82) is 0 Å². The van der Waals surface area contributed by atoms with Gasteiger partial charge >= 0.3 is 0 Å². The fraction of sp³-hybridized carbons (Fsp3) is 0.200. The molecule has 2 aromatic rings. The van der Waals surface area contributed by atoms with E-state index in [1.807, 2.05) is 6.92 Å². The monoisotopic (exact) mass is 275 g/mol. The van der Waals surface area contributed by atoms with E-state index in [2.05, 4.69) is 0 Å². The van der Waals surface area contributed by atoms with Crippen LogP contribution >= 0.6 is 0 Å². The summed E-state index contributed by atoms with van der Waals surface area (Å²) in [5.74, 6) is -0.161. The summed E-state index contributed by atoms with van der Waals surface area (Å²) in [5, 5.41) is 10.5. The lowest BCUT2D eigenvalue weighted by molar-refractivity contribution is -0.384. The molecule has 104 valence electrons. The van der Waals surface area contributed by atoms with Gasteiger partial charge in [0.05, 0.1) is 11.5 Å². The first kappa shape index (κ1) is 14.0. The zero-order valence-corrected chi connectivity index (χ0v) is 11.0. The lowest BCUT2D eigenvalue weighted by Crippen LogP contribution is -2.03. The number of nitro benzene ring substituents is 1. The van der Waals surface area contributed by atoms with Crippen molar-refractivity contribution in [3.8, 4) is 5.75 Å². The first-order valence-electron chi connectivity index (χ1n) is 6.18. The summed E-state index contributed by atoms with van der Waals surface area (Å²) < 4.78 is 18.8. The number of ether oxygens (including phenoxy) is 1. The number of hydrogen-bond donors (Lipinski definition) is 0. The molecule has 0 radical (unpaired) electrons. The van der Waals surface area contributed by atoms with Gasteiger partial charge in [-0.25, -0.2) is 4.39 Å². The molecule has 0 atom stereocenters. The van der Waals surface area contributed by atoms with Crippen LogP contribution in [0.3, 0.4) is 0 Å². The molecule has 0 saturated carbocycles. The average molecular weight is 275 g/mol. The van der Waals surface area contributed by atoms with E-state index >= 15 is 0 Å². The summed E-state index contributed by atoms with van der Waals surface area (Å²) in [6.45, 7) is 2.18. The standard InChI is InChI=1S/C15H14FNO3/c1-11-2-7-14(16)15(10-11)20-9-8-12-3-5-13(6-4-12)17(18)19/h2-7,10H,8-9H2,1H3. The molecule has 0 N–H and O–H groups in total. The Balaban J connectivity index is 1.92. The van der Waals surface area contributed by atoms with E-state index in [-0.39, 0.29) is 17.3 Å². The molecule has 0 aliphatic heterocycles.